The van der Waals surface area contributed by atoms with Crippen LogP contribution in [-0.2, 0) is 17.8 Å². The monoisotopic (exact) mass is 642 g/mol. The van der Waals surface area contributed by atoms with E-state index in [2.05, 4.69) is 52.0 Å². The van der Waals surface area contributed by atoms with Gasteiger partial charge in [0.25, 0.3) is 0 Å². The van der Waals surface area contributed by atoms with Crippen LogP contribution in [0.5, 0.6) is 6.01 Å². The number of aromatic nitrogens is 3. The lowest BCUT2D eigenvalue weighted by molar-refractivity contribution is -0.128. The predicted molar refractivity (Wildman–Crippen MR) is 182 cm³/mol. The van der Waals surface area contributed by atoms with Crippen LogP contribution < -0.4 is 14.5 Å². The predicted octanol–water partition coefficient (Wildman–Crippen LogP) is 5.25. The molecular formula is C35H43ClN8O2. The molecular weight excluding hydrogens is 600 g/mol. The van der Waals surface area contributed by atoms with Crippen LogP contribution in [0.2, 0.25) is 5.02 Å². The summed E-state index contributed by atoms with van der Waals surface area (Å²) in [6.07, 6.45) is 9.69. The molecule has 242 valence electrons. The van der Waals surface area contributed by atoms with Crippen molar-refractivity contribution >= 4 is 39.8 Å². The Morgan fingerprint density at radius 3 is 2.78 bits per heavy atom. The van der Waals surface area contributed by atoms with Crippen molar-refractivity contribution in [3.05, 3.63) is 70.9 Å². The maximum atomic E-state index is 12.6. The maximum absolute atomic E-state index is 12.6. The van der Waals surface area contributed by atoms with Gasteiger partial charge in [-0.25, -0.2) is 6.57 Å². The van der Waals surface area contributed by atoms with Crippen molar-refractivity contribution in [3.63, 3.8) is 0 Å². The molecule has 3 aliphatic rings. The number of carbonyl (C=O) groups is 1. The summed E-state index contributed by atoms with van der Waals surface area (Å²) in [5, 5.41) is 2.67. The molecule has 1 amide bonds. The number of hydrogen-bond donors (Lipinski definition) is 0. The van der Waals surface area contributed by atoms with Crippen molar-refractivity contribution in [2.24, 2.45) is 5.92 Å². The topological polar surface area (TPSA) is 82.3 Å². The molecule has 10 nitrogen and oxygen atoms in total. The number of halogens is 1. The van der Waals surface area contributed by atoms with Crippen molar-refractivity contribution in [3.8, 4) is 6.01 Å². The number of nitrogens with zero attached hydrogens (tertiary/aromatic N) is 8. The van der Waals surface area contributed by atoms with E-state index in [1.807, 2.05) is 30.6 Å². The number of benzene rings is 1. The highest BCUT2D eigenvalue weighted by Gasteiger charge is 2.35. The normalized spacial score (nSPS) is 19.7. The molecule has 46 heavy (non-hydrogen) atoms. The Hall–Kier alpha value is -3.94. The van der Waals surface area contributed by atoms with Gasteiger partial charge >= 0.3 is 6.01 Å². The first-order valence-corrected chi connectivity index (χ1v) is 16.7. The van der Waals surface area contributed by atoms with Gasteiger partial charge in [0, 0.05) is 60.8 Å². The summed E-state index contributed by atoms with van der Waals surface area (Å²) in [6.45, 7) is 19.3. The zero-order valence-corrected chi connectivity index (χ0v) is 27.8. The summed E-state index contributed by atoms with van der Waals surface area (Å²) in [4.78, 5) is 39.4. The largest absolute Gasteiger partial charge is 0.462 e. The Morgan fingerprint density at radius 2 is 2.04 bits per heavy atom. The van der Waals surface area contributed by atoms with E-state index in [1.54, 1.807) is 4.90 Å². The van der Waals surface area contributed by atoms with Crippen LogP contribution >= 0.6 is 11.6 Å². The van der Waals surface area contributed by atoms with Gasteiger partial charge in [0.15, 0.2) is 0 Å². The molecule has 6 rings (SSSR count). The van der Waals surface area contributed by atoms with Crippen molar-refractivity contribution in [2.45, 2.75) is 64.2 Å². The average molecular weight is 643 g/mol. The van der Waals surface area contributed by atoms with Crippen LogP contribution in [0.3, 0.4) is 0 Å². The number of anilines is 2. The SMILES string of the molecule is [C-]#[N+]C[C@H]1CN(c2nc(OC[C@@H](C)N(C)[C@H](C)C3CCC3)nc3c2CCN(c2cncc4cccc(Cl)c24)C3)CCN1C(=O)C=C. The fourth-order valence-corrected chi connectivity index (χ4v) is 7.30. The van der Waals surface area contributed by atoms with E-state index < -0.39 is 0 Å². The number of amides is 1. The quantitative estimate of drug-likeness (QED) is 0.219. The van der Waals surface area contributed by atoms with E-state index in [9.17, 15) is 4.79 Å². The lowest BCUT2D eigenvalue weighted by Gasteiger charge is -2.41. The molecule has 2 aliphatic heterocycles. The zero-order chi connectivity index (χ0) is 32.4. The third-order valence-electron chi connectivity index (χ3n) is 10.2. The molecule has 0 spiro atoms. The minimum absolute atomic E-state index is 0.144. The molecule has 11 heteroatoms. The number of likely N-dealkylation sites (N-methyl/N-ethyl adjacent to an activating group) is 1. The summed E-state index contributed by atoms with van der Waals surface area (Å²) in [5.41, 5.74) is 2.97. The summed E-state index contributed by atoms with van der Waals surface area (Å²) in [7, 11) is 2.18. The second-order valence-electron chi connectivity index (χ2n) is 12.9. The molecule has 4 heterocycles. The van der Waals surface area contributed by atoms with Crippen molar-refractivity contribution in [1.29, 1.82) is 0 Å². The Balaban J connectivity index is 1.30. The molecule has 1 saturated carbocycles. The van der Waals surface area contributed by atoms with E-state index in [0.717, 1.165) is 52.4 Å². The van der Waals surface area contributed by atoms with E-state index in [0.29, 0.717) is 49.9 Å². The Labute approximate surface area is 276 Å². The van der Waals surface area contributed by atoms with Gasteiger partial charge in [-0.2, -0.15) is 9.97 Å². The highest BCUT2D eigenvalue weighted by Crippen LogP contribution is 2.37. The van der Waals surface area contributed by atoms with Crippen LogP contribution in [0.1, 0.15) is 44.4 Å². The van der Waals surface area contributed by atoms with Gasteiger partial charge in [-0.1, -0.05) is 36.7 Å². The fraction of sp³-hybridized carbons (Fsp3) is 0.514. The first kappa shape index (κ1) is 32.0. The van der Waals surface area contributed by atoms with Gasteiger partial charge in [0.05, 0.1) is 29.1 Å². The van der Waals surface area contributed by atoms with Crippen LogP contribution in [0, 0.1) is 12.5 Å². The van der Waals surface area contributed by atoms with E-state index in [4.69, 9.17) is 32.9 Å². The third kappa shape index (κ3) is 6.36. The van der Waals surface area contributed by atoms with Crippen LogP contribution in [0.15, 0.2) is 43.2 Å². The second-order valence-corrected chi connectivity index (χ2v) is 13.3. The van der Waals surface area contributed by atoms with Crippen molar-refractivity contribution < 1.29 is 9.53 Å². The second kappa shape index (κ2) is 13.8. The number of piperazine rings is 1. The smallest absolute Gasteiger partial charge is 0.318 e. The number of hydrogen-bond acceptors (Lipinski definition) is 8. The van der Waals surface area contributed by atoms with Crippen LogP contribution in [0.4, 0.5) is 11.5 Å². The lowest BCUT2D eigenvalue weighted by Crippen LogP contribution is -2.56. The molecule has 2 aromatic heterocycles. The van der Waals surface area contributed by atoms with Gasteiger partial charge < -0.3 is 24.3 Å². The minimum atomic E-state index is -0.252. The first-order valence-electron chi connectivity index (χ1n) is 16.3. The highest BCUT2D eigenvalue weighted by molar-refractivity contribution is 6.36. The van der Waals surface area contributed by atoms with Gasteiger partial charge in [0.2, 0.25) is 12.5 Å². The summed E-state index contributed by atoms with van der Waals surface area (Å²) >= 11 is 6.70. The van der Waals surface area contributed by atoms with Gasteiger partial charge in [-0.3, -0.25) is 14.7 Å². The molecule has 3 atom stereocenters. The molecule has 1 saturated heterocycles. The summed E-state index contributed by atoms with van der Waals surface area (Å²) in [6, 6.07) is 6.68. The lowest BCUT2D eigenvalue weighted by atomic mass is 9.79. The highest BCUT2D eigenvalue weighted by atomic mass is 35.5. The van der Waals surface area contributed by atoms with Gasteiger partial charge in [-0.15, -0.1) is 0 Å². The molecule has 3 aromatic rings. The first-order chi connectivity index (χ1) is 22.3. The molecule has 1 aromatic carbocycles. The van der Waals surface area contributed by atoms with E-state index in [1.165, 1.54) is 25.3 Å². The van der Waals surface area contributed by atoms with E-state index in [-0.39, 0.29) is 24.5 Å². The summed E-state index contributed by atoms with van der Waals surface area (Å²) in [5.74, 6) is 1.43. The molecule has 0 N–H and O–H groups in total. The van der Waals surface area contributed by atoms with Gasteiger partial charge in [0.1, 0.15) is 18.5 Å². The molecule has 2 fully saturated rings. The van der Waals surface area contributed by atoms with Crippen LogP contribution in [0.25, 0.3) is 15.6 Å². The van der Waals surface area contributed by atoms with Crippen molar-refractivity contribution in [2.75, 3.05) is 56.2 Å². The minimum Gasteiger partial charge on any atom is -0.462 e. The average Bonchev–Trinajstić information content (AvgIpc) is 3.05. The van der Waals surface area contributed by atoms with Gasteiger partial charge in [-0.05, 0) is 58.2 Å². The maximum Gasteiger partial charge on any atom is 0.318 e. The van der Waals surface area contributed by atoms with E-state index >= 15 is 0 Å². The third-order valence-corrected chi connectivity index (χ3v) is 10.6. The standard InChI is InChI=1S/C35H43ClN8O2/c1-6-32(45)44-16-15-43(20-27(44)18-37-4)34-28-13-14-42(31-19-38-17-26-11-8-12-29(36)33(26)31)21-30(28)39-35(40-34)46-22-23(2)41(5)24(3)25-9-7-10-25/h6,8,11-12,17,19,23-25,27H,1,7,9-10,13-16,18,20-22H2,2-3,5H3/t23-,24-,27+/m1/s1. The number of pyridine rings is 1. The fourth-order valence-electron chi connectivity index (χ4n) is 7.02. The summed E-state index contributed by atoms with van der Waals surface area (Å²) < 4.78 is 6.38. The van der Waals surface area contributed by atoms with Crippen molar-refractivity contribution in [1.82, 2.24) is 24.8 Å². The molecule has 1 aliphatic carbocycles. The zero-order valence-electron chi connectivity index (χ0n) is 27.0. The molecule has 0 radical (unpaired) electrons. The molecule has 0 bridgehead atoms. The number of ether oxygens (including phenoxy) is 1. The number of rotatable bonds is 10. The van der Waals surface area contributed by atoms with Crippen LogP contribution in [-0.4, -0.2) is 95.2 Å². The molecule has 0 unspecified atom stereocenters. The number of fused-ring (bicyclic) bond motifs is 2. The Morgan fingerprint density at radius 1 is 1.22 bits per heavy atom. The number of carbonyl (C=O) groups excluding carboxylic acids is 1. The Kier molecular flexibility index (Phi) is 9.62. The Bertz CT molecular complexity index is 1630.